The third kappa shape index (κ3) is 2.69. The average molecular weight is 234 g/mol. The normalized spacial score (nSPS) is 37.7. The average Bonchev–Trinajstić information content (AvgIpc) is 2.23. The SMILES string of the molecule is O=S1(=O)CCC(O)C(N2CCNCC2)C1. The summed E-state index contributed by atoms with van der Waals surface area (Å²) < 4.78 is 23.0. The summed E-state index contributed by atoms with van der Waals surface area (Å²) in [5, 5.41) is 13.0. The summed E-state index contributed by atoms with van der Waals surface area (Å²) in [5.41, 5.74) is 0. The van der Waals surface area contributed by atoms with Gasteiger partial charge in [0.05, 0.1) is 17.6 Å². The Bertz CT molecular complexity index is 311. The molecular formula is C9H18N2O3S. The highest BCUT2D eigenvalue weighted by Crippen LogP contribution is 2.18. The zero-order chi connectivity index (χ0) is 10.9. The number of rotatable bonds is 1. The van der Waals surface area contributed by atoms with Crippen LogP contribution in [-0.2, 0) is 9.84 Å². The van der Waals surface area contributed by atoms with Crippen LogP contribution in [0.5, 0.6) is 0 Å². The Balaban J connectivity index is 2.04. The van der Waals surface area contributed by atoms with Crippen LogP contribution in [0, 0.1) is 0 Å². The molecule has 88 valence electrons. The van der Waals surface area contributed by atoms with Gasteiger partial charge in [0, 0.05) is 32.2 Å². The van der Waals surface area contributed by atoms with Crippen molar-refractivity contribution in [3.05, 3.63) is 0 Å². The zero-order valence-corrected chi connectivity index (χ0v) is 9.54. The molecular weight excluding hydrogens is 216 g/mol. The van der Waals surface area contributed by atoms with Gasteiger partial charge >= 0.3 is 0 Å². The van der Waals surface area contributed by atoms with Crippen LogP contribution in [0.1, 0.15) is 6.42 Å². The number of aliphatic hydroxyl groups is 1. The molecule has 2 aliphatic heterocycles. The highest BCUT2D eigenvalue weighted by Gasteiger charge is 2.35. The fourth-order valence-electron chi connectivity index (χ4n) is 2.31. The molecule has 0 saturated carbocycles. The molecule has 5 nitrogen and oxygen atoms in total. The zero-order valence-electron chi connectivity index (χ0n) is 8.72. The molecule has 6 heteroatoms. The number of sulfone groups is 1. The number of nitrogens with one attached hydrogen (secondary N) is 1. The first-order valence-corrected chi connectivity index (χ1v) is 7.24. The highest BCUT2D eigenvalue weighted by molar-refractivity contribution is 7.91. The first kappa shape index (κ1) is 11.3. The van der Waals surface area contributed by atoms with E-state index in [9.17, 15) is 13.5 Å². The van der Waals surface area contributed by atoms with Gasteiger partial charge in [-0.3, -0.25) is 4.90 Å². The molecule has 0 aromatic heterocycles. The van der Waals surface area contributed by atoms with Gasteiger partial charge in [-0.1, -0.05) is 0 Å². The monoisotopic (exact) mass is 234 g/mol. The molecule has 2 rings (SSSR count). The lowest BCUT2D eigenvalue weighted by Crippen LogP contribution is -2.57. The van der Waals surface area contributed by atoms with E-state index in [1.165, 1.54) is 0 Å². The van der Waals surface area contributed by atoms with Crippen LogP contribution >= 0.6 is 0 Å². The minimum atomic E-state index is -2.94. The van der Waals surface area contributed by atoms with E-state index in [-0.39, 0.29) is 17.5 Å². The first-order chi connectivity index (χ1) is 7.08. The topological polar surface area (TPSA) is 69.6 Å². The van der Waals surface area contributed by atoms with Gasteiger partial charge in [-0.25, -0.2) is 8.42 Å². The number of piperazine rings is 1. The van der Waals surface area contributed by atoms with E-state index in [0.29, 0.717) is 6.42 Å². The van der Waals surface area contributed by atoms with Gasteiger partial charge in [-0.15, -0.1) is 0 Å². The third-order valence-electron chi connectivity index (χ3n) is 3.21. The molecule has 0 radical (unpaired) electrons. The lowest BCUT2D eigenvalue weighted by molar-refractivity contribution is 0.0474. The van der Waals surface area contributed by atoms with E-state index in [0.717, 1.165) is 26.2 Å². The van der Waals surface area contributed by atoms with Crippen LogP contribution in [0.15, 0.2) is 0 Å². The predicted octanol–water partition coefficient (Wildman–Crippen LogP) is -1.56. The predicted molar refractivity (Wildman–Crippen MR) is 57.5 cm³/mol. The van der Waals surface area contributed by atoms with Gasteiger partial charge in [0.1, 0.15) is 0 Å². The van der Waals surface area contributed by atoms with Gasteiger partial charge < -0.3 is 10.4 Å². The summed E-state index contributed by atoms with van der Waals surface area (Å²) in [6, 6.07) is -0.189. The molecule has 0 aromatic carbocycles. The van der Waals surface area contributed by atoms with E-state index in [4.69, 9.17) is 0 Å². The number of aliphatic hydroxyl groups excluding tert-OH is 1. The summed E-state index contributed by atoms with van der Waals surface area (Å²) in [7, 11) is -2.94. The molecule has 15 heavy (non-hydrogen) atoms. The number of nitrogens with zero attached hydrogens (tertiary/aromatic N) is 1. The molecule has 0 aliphatic carbocycles. The van der Waals surface area contributed by atoms with Gasteiger partial charge in [0.15, 0.2) is 9.84 Å². The minimum Gasteiger partial charge on any atom is -0.391 e. The molecule has 2 unspecified atom stereocenters. The van der Waals surface area contributed by atoms with Crippen molar-refractivity contribution in [2.45, 2.75) is 18.6 Å². The van der Waals surface area contributed by atoms with E-state index in [1.807, 2.05) is 0 Å². The van der Waals surface area contributed by atoms with Crippen molar-refractivity contribution in [1.29, 1.82) is 0 Å². The van der Waals surface area contributed by atoms with Crippen LogP contribution in [0.3, 0.4) is 0 Å². The van der Waals surface area contributed by atoms with Gasteiger partial charge in [-0.05, 0) is 6.42 Å². The fourth-order valence-corrected chi connectivity index (χ4v) is 4.03. The summed E-state index contributed by atoms with van der Waals surface area (Å²) in [6.45, 7) is 3.42. The Morgan fingerprint density at radius 1 is 1.27 bits per heavy atom. The second kappa shape index (κ2) is 4.37. The molecule has 2 N–H and O–H groups in total. The molecule has 0 amide bonds. The van der Waals surface area contributed by atoms with E-state index >= 15 is 0 Å². The maximum Gasteiger partial charge on any atom is 0.152 e. The Hall–Kier alpha value is -0.170. The maximum absolute atomic E-state index is 11.5. The number of hydrogen-bond acceptors (Lipinski definition) is 5. The Labute approximate surface area is 90.4 Å². The van der Waals surface area contributed by atoms with Gasteiger partial charge in [-0.2, -0.15) is 0 Å². The lowest BCUT2D eigenvalue weighted by Gasteiger charge is -2.39. The van der Waals surface area contributed by atoms with Crippen LogP contribution in [0.4, 0.5) is 0 Å². The van der Waals surface area contributed by atoms with Crippen molar-refractivity contribution in [2.24, 2.45) is 0 Å². The summed E-state index contributed by atoms with van der Waals surface area (Å²) in [5.74, 6) is 0.255. The largest absolute Gasteiger partial charge is 0.391 e. The molecule has 2 aliphatic rings. The Morgan fingerprint density at radius 2 is 1.93 bits per heavy atom. The van der Waals surface area contributed by atoms with Crippen molar-refractivity contribution in [3.8, 4) is 0 Å². The lowest BCUT2D eigenvalue weighted by atomic mass is 10.1. The van der Waals surface area contributed by atoms with Crippen molar-refractivity contribution in [2.75, 3.05) is 37.7 Å². The Morgan fingerprint density at radius 3 is 2.60 bits per heavy atom. The van der Waals surface area contributed by atoms with Crippen LogP contribution in [-0.4, -0.2) is 68.3 Å². The molecule has 2 heterocycles. The third-order valence-corrected chi connectivity index (χ3v) is 4.92. The summed E-state index contributed by atoms with van der Waals surface area (Å²) in [6.07, 6.45) is -0.0941. The van der Waals surface area contributed by atoms with Crippen molar-refractivity contribution < 1.29 is 13.5 Å². The van der Waals surface area contributed by atoms with Gasteiger partial charge in [0.25, 0.3) is 0 Å². The molecule has 2 fully saturated rings. The van der Waals surface area contributed by atoms with E-state index < -0.39 is 15.9 Å². The Kier molecular flexibility index (Phi) is 3.30. The minimum absolute atomic E-state index is 0.119. The van der Waals surface area contributed by atoms with Crippen LogP contribution in [0.25, 0.3) is 0 Å². The fraction of sp³-hybridized carbons (Fsp3) is 1.00. The second-order valence-electron chi connectivity index (χ2n) is 4.32. The van der Waals surface area contributed by atoms with Crippen molar-refractivity contribution >= 4 is 9.84 Å². The quantitative estimate of drug-likeness (QED) is 0.574. The van der Waals surface area contributed by atoms with Crippen molar-refractivity contribution in [1.82, 2.24) is 10.2 Å². The van der Waals surface area contributed by atoms with Crippen molar-refractivity contribution in [3.63, 3.8) is 0 Å². The molecule has 2 atom stereocenters. The summed E-state index contributed by atoms with van der Waals surface area (Å²) in [4.78, 5) is 2.10. The van der Waals surface area contributed by atoms with Crippen LogP contribution in [0.2, 0.25) is 0 Å². The molecule has 0 spiro atoms. The standard InChI is InChI=1S/C9H18N2O3S/c12-9-1-6-15(13,14)7-8(9)11-4-2-10-3-5-11/h8-10,12H,1-7H2. The van der Waals surface area contributed by atoms with E-state index in [1.54, 1.807) is 0 Å². The maximum atomic E-state index is 11.5. The molecule has 0 aromatic rings. The smallest absolute Gasteiger partial charge is 0.152 e. The van der Waals surface area contributed by atoms with Crippen LogP contribution < -0.4 is 5.32 Å². The highest BCUT2D eigenvalue weighted by atomic mass is 32.2. The summed E-state index contributed by atoms with van der Waals surface area (Å²) >= 11 is 0. The first-order valence-electron chi connectivity index (χ1n) is 5.42. The molecule has 0 bridgehead atoms. The van der Waals surface area contributed by atoms with E-state index in [2.05, 4.69) is 10.2 Å². The second-order valence-corrected chi connectivity index (χ2v) is 6.55. The molecule has 2 saturated heterocycles. The number of hydrogen-bond donors (Lipinski definition) is 2. The van der Waals surface area contributed by atoms with Gasteiger partial charge in [0.2, 0.25) is 0 Å².